The van der Waals surface area contributed by atoms with E-state index < -0.39 is 10.0 Å². The molecule has 1 aliphatic heterocycles. The quantitative estimate of drug-likeness (QED) is 0.780. The normalized spacial score (nSPS) is 20.2. The molecule has 1 aromatic carbocycles. The number of rotatable bonds is 2. The maximum absolute atomic E-state index is 12.7. The van der Waals surface area contributed by atoms with Crippen molar-refractivity contribution >= 4 is 44.0 Å². The number of hydrogen-bond acceptors (Lipinski definition) is 3. The predicted molar refractivity (Wildman–Crippen MR) is 84.4 cm³/mol. The fraction of sp³-hybridized carbons (Fsp3) is 0.357. The number of sulfonamides is 1. The van der Waals surface area contributed by atoms with Gasteiger partial charge in [-0.25, -0.2) is 13.4 Å². The Kier molecular flexibility index (Phi) is 3.86. The molecule has 0 radical (unpaired) electrons. The topological polar surface area (TPSA) is 50.3 Å². The molecule has 1 saturated heterocycles. The van der Waals surface area contributed by atoms with Crippen molar-refractivity contribution in [3.8, 4) is 0 Å². The second kappa shape index (κ2) is 5.39. The molecule has 2 heterocycles. The van der Waals surface area contributed by atoms with Crippen LogP contribution in [0.3, 0.4) is 0 Å². The zero-order valence-corrected chi connectivity index (χ0v) is 13.7. The van der Waals surface area contributed by atoms with Crippen LogP contribution in [0.2, 0.25) is 10.2 Å². The van der Waals surface area contributed by atoms with Gasteiger partial charge in [-0.05, 0) is 31.9 Å². The molecule has 0 amide bonds. The molecule has 1 aliphatic rings. The van der Waals surface area contributed by atoms with Gasteiger partial charge in [0.15, 0.2) is 0 Å². The highest BCUT2D eigenvalue weighted by atomic mass is 35.5. The van der Waals surface area contributed by atoms with Crippen LogP contribution in [0, 0.1) is 0 Å². The lowest BCUT2D eigenvalue weighted by atomic mass is 10.2. The molecule has 1 aromatic heterocycles. The summed E-state index contributed by atoms with van der Waals surface area (Å²) in [4.78, 5) is 4.20. The van der Waals surface area contributed by atoms with Gasteiger partial charge in [0.2, 0.25) is 10.0 Å². The number of hydrogen-bond donors (Lipinski definition) is 0. The van der Waals surface area contributed by atoms with Crippen molar-refractivity contribution in [3.63, 3.8) is 0 Å². The van der Waals surface area contributed by atoms with Crippen molar-refractivity contribution < 1.29 is 8.42 Å². The van der Waals surface area contributed by atoms with Crippen LogP contribution in [0.15, 0.2) is 29.3 Å². The number of benzene rings is 1. The molecule has 2 aromatic rings. The average molecular weight is 345 g/mol. The van der Waals surface area contributed by atoms with E-state index >= 15 is 0 Å². The Hall–Kier alpha value is -0.880. The fourth-order valence-corrected chi connectivity index (χ4v) is 4.86. The Morgan fingerprint density at radius 2 is 2.05 bits per heavy atom. The second-order valence-corrected chi connectivity index (χ2v) is 7.87. The lowest BCUT2D eigenvalue weighted by Gasteiger charge is -2.21. The lowest BCUT2D eigenvalue weighted by molar-refractivity contribution is 0.408. The third-order valence-corrected chi connectivity index (χ3v) is 6.47. The van der Waals surface area contributed by atoms with Crippen molar-refractivity contribution in [2.24, 2.45) is 0 Å². The van der Waals surface area contributed by atoms with Crippen LogP contribution in [0.5, 0.6) is 0 Å². The van der Waals surface area contributed by atoms with Gasteiger partial charge in [0.1, 0.15) is 5.15 Å². The highest BCUT2D eigenvalue weighted by Gasteiger charge is 2.32. The standard InChI is InChI=1S/C14H14Cl2N2O2S/c1-9-3-2-6-18(9)21(19,20)10-4-5-11-12(7-10)14(16)17-8-13(11)15/h4-5,7-9H,2-3,6H2,1H3/t9-/m1/s1. The van der Waals surface area contributed by atoms with Crippen LogP contribution >= 0.6 is 23.2 Å². The van der Waals surface area contributed by atoms with Gasteiger partial charge >= 0.3 is 0 Å². The molecule has 3 rings (SSSR count). The van der Waals surface area contributed by atoms with Gasteiger partial charge in [-0.2, -0.15) is 4.31 Å². The van der Waals surface area contributed by atoms with Gasteiger partial charge in [0, 0.05) is 29.6 Å². The van der Waals surface area contributed by atoms with E-state index in [0.29, 0.717) is 22.3 Å². The largest absolute Gasteiger partial charge is 0.243 e. The maximum Gasteiger partial charge on any atom is 0.243 e. The summed E-state index contributed by atoms with van der Waals surface area (Å²) >= 11 is 12.1. The summed E-state index contributed by atoms with van der Waals surface area (Å²) in [5, 5.41) is 1.95. The molecule has 0 N–H and O–H groups in total. The van der Waals surface area contributed by atoms with E-state index in [1.54, 1.807) is 22.5 Å². The van der Waals surface area contributed by atoms with Gasteiger partial charge in [-0.3, -0.25) is 0 Å². The first kappa shape index (κ1) is 15.0. The van der Waals surface area contributed by atoms with Crippen LogP contribution < -0.4 is 0 Å². The lowest BCUT2D eigenvalue weighted by Crippen LogP contribution is -2.33. The van der Waals surface area contributed by atoms with E-state index in [0.717, 1.165) is 12.8 Å². The van der Waals surface area contributed by atoms with Crippen molar-refractivity contribution in [1.82, 2.24) is 9.29 Å². The van der Waals surface area contributed by atoms with E-state index in [2.05, 4.69) is 4.98 Å². The summed E-state index contributed by atoms with van der Waals surface area (Å²) in [6, 6.07) is 4.83. The number of halogens is 2. The molecule has 0 saturated carbocycles. The molecule has 7 heteroatoms. The first-order valence-electron chi connectivity index (χ1n) is 6.67. The fourth-order valence-electron chi connectivity index (χ4n) is 2.71. The number of aromatic nitrogens is 1. The molecule has 0 unspecified atom stereocenters. The summed E-state index contributed by atoms with van der Waals surface area (Å²) in [7, 11) is -3.51. The summed E-state index contributed by atoms with van der Waals surface area (Å²) in [6.45, 7) is 2.49. The molecule has 21 heavy (non-hydrogen) atoms. The molecule has 1 atom stereocenters. The van der Waals surface area contributed by atoms with E-state index in [9.17, 15) is 8.42 Å². The van der Waals surface area contributed by atoms with Crippen molar-refractivity contribution in [3.05, 3.63) is 34.6 Å². The monoisotopic (exact) mass is 344 g/mol. The minimum atomic E-state index is -3.51. The van der Waals surface area contributed by atoms with Gasteiger partial charge in [0.25, 0.3) is 0 Å². The summed E-state index contributed by atoms with van der Waals surface area (Å²) < 4.78 is 27.0. The SMILES string of the molecule is C[C@@H]1CCCN1S(=O)(=O)c1ccc2c(Cl)cnc(Cl)c2c1. The highest BCUT2D eigenvalue weighted by Crippen LogP contribution is 2.32. The minimum Gasteiger partial charge on any atom is -0.242 e. The van der Waals surface area contributed by atoms with Crippen LogP contribution in [-0.4, -0.2) is 30.3 Å². The first-order valence-corrected chi connectivity index (χ1v) is 8.86. The molecule has 1 fully saturated rings. The smallest absolute Gasteiger partial charge is 0.242 e. The van der Waals surface area contributed by atoms with E-state index in [-0.39, 0.29) is 16.1 Å². The van der Waals surface area contributed by atoms with E-state index in [1.807, 2.05) is 6.92 Å². The number of pyridine rings is 1. The van der Waals surface area contributed by atoms with Crippen molar-refractivity contribution in [2.75, 3.05) is 6.54 Å². The minimum absolute atomic E-state index is 0.0265. The Morgan fingerprint density at radius 1 is 1.29 bits per heavy atom. The van der Waals surface area contributed by atoms with Gasteiger partial charge in [0.05, 0.1) is 9.92 Å². The molecule has 0 bridgehead atoms. The summed E-state index contributed by atoms with van der Waals surface area (Å²) in [6.07, 6.45) is 3.24. The molecule has 0 aliphatic carbocycles. The Labute approximate surface area is 133 Å². The van der Waals surface area contributed by atoms with Gasteiger partial charge < -0.3 is 0 Å². The molecular weight excluding hydrogens is 331 g/mol. The number of fused-ring (bicyclic) bond motifs is 1. The Balaban J connectivity index is 2.15. The van der Waals surface area contributed by atoms with Crippen LogP contribution in [-0.2, 0) is 10.0 Å². The first-order chi connectivity index (χ1) is 9.91. The third kappa shape index (κ3) is 2.52. The summed E-state index contributed by atoms with van der Waals surface area (Å²) in [5.74, 6) is 0. The van der Waals surface area contributed by atoms with E-state index in [1.165, 1.54) is 6.20 Å². The van der Waals surface area contributed by atoms with Crippen molar-refractivity contribution in [1.29, 1.82) is 0 Å². The Morgan fingerprint density at radius 3 is 2.71 bits per heavy atom. The zero-order valence-electron chi connectivity index (χ0n) is 11.4. The second-order valence-electron chi connectivity index (χ2n) is 5.21. The van der Waals surface area contributed by atoms with Gasteiger partial charge in [-0.15, -0.1) is 0 Å². The van der Waals surface area contributed by atoms with Crippen molar-refractivity contribution in [2.45, 2.75) is 30.7 Å². The third-order valence-electron chi connectivity index (χ3n) is 3.86. The molecule has 0 spiro atoms. The number of nitrogens with zero attached hydrogens (tertiary/aromatic N) is 2. The van der Waals surface area contributed by atoms with Crippen LogP contribution in [0.4, 0.5) is 0 Å². The average Bonchev–Trinajstić information content (AvgIpc) is 2.89. The van der Waals surface area contributed by atoms with Crippen LogP contribution in [0.1, 0.15) is 19.8 Å². The molecule has 112 valence electrons. The van der Waals surface area contributed by atoms with Gasteiger partial charge in [-0.1, -0.05) is 29.3 Å². The maximum atomic E-state index is 12.7. The van der Waals surface area contributed by atoms with E-state index in [4.69, 9.17) is 23.2 Å². The predicted octanol–water partition coefficient (Wildman–Crippen LogP) is 3.71. The zero-order chi connectivity index (χ0) is 15.2. The Bertz CT molecular complexity index is 808. The summed E-state index contributed by atoms with van der Waals surface area (Å²) in [5.41, 5.74) is 0. The molecule has 4 nitrogen and oxygen atoms in total. The van der Waals surface area contributed by atoms with Crippen LogP contribution in [0.25, 0.3) is 10.8 Å². The highest BCUT2D eigenvalue weighted by molar-refractivity contribution is 7.89. The molecular formula is C14H14Cl2N2O2S.